The lowest BCUT2D eigenvalue weighted by Crippen LogP contribution is -2.27. The van der Waals surface area contributed by atoms with E-state index in [0.717, 1.165) is 5.56 Å². The molecule has 0 unspecified atom stereocenters. The summed E-state index contributed by atoms with van der Waals surface area (Å²) in [6.07, 6.45) is 2.31. The zero-order valence-electron chi connectivity index (χ0n) is 7.73. The number of hydrogen-bond acceptors (Lipinski definition) is 2. The highest BCUT2D eigenvalue weighted by molar-refractivity contribution is 5.91. The number of rotatable bonds is 4. The monoisotopic (exact) mass is 176 g/mol. The Balaban J connectivity index is 2.40. The molecule has 1 atom stereocenters. The molecular formula is C11H14NO. The number of nitrogens with two attached hydrogens (primary N) is 1. The molecule has 2 N–H and O–H groups in total. The molecule has 1 aromatic rings. The van der Waals surface area contributed by atoms with Crippen LogP contribution in [-0.4, -0.2) is 11.8 Å². The van der Waals surface area contributed by atoms with Gasteiger partial charge in [0.25, 0.3) is 0 Å². The fourth-order valence-corrected chi connectivity index (χ4v) is 1.02. The van der Waals surface area contributed by atoms with Crippen molar-refractivity contribution in [2.24, 2.45) is 5.73 Å². The van der Waals surface area contributed by atoms with Gasteiger partial charge >= 0.3 is 0 Å². The maximum atomic E-state index is 11.1. The zero-order valence-corrected chi connectivity index (χ0v) is 7.73. The number of hydrogen-bond donors (Lipinski definition) is 1. The zero-order chi connectivity index (χ0) is 9.68. The van der Waals surface area contributed by atoms with E-state index in [1.54, 1.807) is 13.3 Å². The number of carbonyl (C=O) groups excluding carboxylic acids is 1. The third-order valence-electron chi connectivity index (χ3n) is 1.83. The van der Waals surface area contributed by atoms with E-state index in [-0.39, 0.29) is 11.8 Å². The third-order valence-corrected chi connectivity index (χ3v) is 1.83. The van der Waals surface area contributed by atoms with Crippen LogP contribution in [0.2, 0.25) is 0 Å². The summed E-state index contributed by atoms with van der Waals surface area (Å²) in [5.74, 6) is 0.00357. The van der Waals surface area contributed by atoms with Crippen molar-refractivity contribution in [3.05, 3.63) is 42.3 Å². The summed E-state index contributed by atoms with van der Waals surface area (Å²) in [4.78, 5) is 11.1. The van der Waals surface area contributed by atoms with Crippen molar-refractivity contribution in [2.75, 3.05) is 0 Å². The number of carbonyl (C=O) groups is 1. The van der Waals surface area contributed by atoms with Crippen LogP contribution in [0.4, 0.5) is 0 Å². The summed E-state index contributed by atoms with van der Waals surface area (Å²) in [7, 11) is 0. The summed E-state index contributed by atoms with van der Waals surface area (Å²) in [6.45, 7) is 1.70. The Hall–Kier alpha value is -1.15. The molecule has 0 saturated carbocycles. The molecule has 13 heavy (non-hydrogen) atoms. The number of ketones is 1. The molecule has 1 aromatic carbocycles. The van der Waals surface area contributed by atoms with Crippen LogP contribution in [0.15, 0.2) is 30.3 Å². The van der Waals surface area contributed by atoms with Crippen molar-refractivity contribution in [3.8, 4) is 0 Å². The van der Waals surface area contributed by atoms with E-state index >= 15 is 0 Å². The van der Waals surface area contributed by atoms with Crippen LogP contribution in [-0.2, 0) is 11.2 Å². The molecule has 0 bridgehead atoms. The van der Waals surface area contributed by atoms with E-state index in [1.807, 2.05) is 30.3 Å². The quantitative estimate of drug-likeness (QED) is 0.752. The first-order valence-corrected chi connectivity index (χ1v) is 4.36. The SMILES string of the molecule is C[C@H](N)C(=O)[CH]Cc1ccccc1. The summed E-state index contributed by atoms with van der Waals surface area (Å²) < 4.78 is 0. The van der Waals surface area contributed by atoms with E-state index in [1.165, 1.54) is 0 Å². The molecule has 1 rings (SSSR count). The van der Waals surface area contributed by atoms with Gasteiger partial charge in [-0.15, -0.1) is 0 Å². The maximum absolute atomic E-state index is 11.1. The minimum absolute atomic E-state index is 0.00357. The van der Waals surface area contributed by atoms with Crippen LogP contribution in [0.25, 0.3) is 0 Å². The van der Waals surface area contributed by atoms with Crippen molar-refractivity contribution in [1.82, 2.24) is 0 Å². The van der Waals surface area contributed by atoms with Gasteiger partial charge in [-0.3, -0.25) is 4.79 Å². The second-order valence-electron chi connectivity index (χ2n) is 3.08. The average Bonchev–Trinajstić information content (AvgIpc) is 2.15. The molecule has 0 heterocycles. The van der Waals surface area contributed by atoms with Gasteiger partial charge in [-0.25, -0.2) is 0 Å². The van der Waals surface area contributed by atoms with Gasteiger partial charge in [0.2, 0.25) is 0 Å². The Morgan fingerprint density at radius 3 is 2.62 bits per heavy atom. The highest BCUT2D eigenvalue weighted by Crippen LogP contribution is 2.02. The summed E-state index contributed by atoms with van der Waals surface area (Å²) >= 11 is 0. The molecule has 2 nitrogen and oxygen atoms in total. The van der Waals surface area contributed by atoms with Gasteiger partial charge in [-0.2, -0.15) is 0 Å². The number of Topliss-reactive ketones (excluding diaryl/α,β-unsaturated/α-hetero) is 1. The smallest absolute Gasteiger partial charge is 0.153 e. The Labute approximate surface area is 78.8 Å². The van der Waals surface area contributed by atoms with Crippen LogP contribution in [0, 0.1) is 6.42 Å². The van der Waals surface area contributed by atoms with Crippen LogP contribution >= 0.6 is 0 Å². The van der Waals surface area contributed by atoms with Crippen molar-refractivity contribution in [2.45, 2.75) is 19.4 Å². The summed E-state index contributed by atoms with van der Waals surface area (Å²) in [6, 6.07) is 9.47. The molecule has 2 heteroatoms. The minimum Gasteiger partial charge on any atom is -0.322 e. The maximum Gasteiger partial charge on any atom is 0.153 e. The lowest BCUT2D eigenvalue weighted by Gasteiger charge is -2.03. The van der Waals surface area contributed by atoms with E-state index in [9.17, 15) is 4.79 Å². The van der Waals surface area contributed by atoms with Gasteiger partial charge in [-0.1, -0.05) is 30.3 Å². The first-order chi connectivity index (χ1) is 6.20. The predicted octanol–water partition coefficient (Wildman–Crippen LogP) is 1.35. The number of benzene rings is 1. The van der Waals surface area contributed by atoms with Crippen molar-refractivity contribution >= 4 is 5.78 Å². The second-order valence-corrected chi connectivity index (χ2v) is 3.08. The minimum atomic E-state index is -0.385. The fourth-order valence-electron chi connectivity index (χ4n) is 1.02. The Morgan fingerprint density at radius 1 is 1.46 bits per heavy atom. The van der Waals surface area contributed by atoms with Crippen molar-refractivity contribution < 1.29 is 4.79 Å². The topological polar surface area (TPSA) is 43.1 Å². The molecule has 0 spiro atoms. The molecule has 0 saturated heterocycles. The van der Waals surface area contributed by atoms with Gasteiger partial charge in [0.1, 0.15) is 0 Å². The average molecular weight is 176 g/mol. The highest BCUT2D eigenvalue weighted by atomic mass is 16.1. The largest absolute Gasteiger partial charge is 0.322 e. The fraction of sp³-hybridized carbons (Fsp3) is 0.273. The van der Waals surface area contributed by atoms with Crippen LogP contribution in [0.1, 0.15) is 12.5 Å². The molecular weight excluding hydrogens is 162 g/mol. The van der Waals surface area contributed by atoms with Crippen LogP contribution in [0.3, 0.4) is 0 Å². The Morgan fingerprint density at radius 2 is 2.08 bits per heavy atom. The van der Waals surface area contributed by atoms with Gasteiger partial charge in [0.05, 0.1) is 6.04 Å². The van der Waals surface area contributed by atoms with E-state index in [0.29, 0.717) is 6.42 Å². The van der Waals surface area contributed by atoms with E-state index < -0.39 is 0 Å². The summed E-state index contributed by atoms with van der Waals surface area (Å²) in [5, 5.41) is 0. The lowest BCUT2D eigenvalue weighted by atomic mass is 10.1. The molecule has 0 aromatic heterocycles. The van der Waals surface area contributed by atoms with Crippen LogP contribution in [0.5, 0.6) is 0 Å². The van der Waals surface area contributed by atoms with E-state index in [2.05, 4.69) is 0 Å². The lowest BCUT2D eigenvalue weighted by molar-refractivity contribution is -0.116. The molecule has 0 aliphatic rings. The Bertz CT molecular complexity index is 267. The Kier molecular flexibility index (Phi) is 3.65. The second kappa shape index (κ2) is 4.77. The van der Waals surface area contributed by atoms with Crippen LogP contribution < -0.4 is 5.73 Å². The predicted molar refractivity (Wildman–Crippen MR) is 53.1 cm³/mol. The molecule has 0 amide bonds. The summed E-state index contributed by atoms with van der Waals surface area (Å²) in [5.41, 5.74) is 6.55. The van der Waals surface area contributed by atoms with Gasteiger partial charge in [0, 0.05) is 6.42 Å². The highest BCUT2D eigenvalue weighted by Gasteiger charge is 2.07. The molecule has 69 valence electrons. The standard InChI is InChI=1S/C11H14NO/c1-9(12)11(13)8-7-10-5-3-2-4-6-10/h2-6,8-9H,7,12H2,1H3/t9-/m0/s1. The van der Waals surface area contributed by atoms with Gasteiger partial charge < -0.3 is 5.73 Å². The normalized spacial score (nSPS) is 12.5. The molecule has 0 fully saturated rings. The van der Waals surface area contributed by atoms with Gasteiger partial charge in [-0.05, 0) is 18.9 Å². The first-order valence-electron chi connectivity index (χ1n) is 4.36. The third kappa shape index (κ3) is 3.38. The van der Waals surface area contributed by atoms with Crippen molar-refractivity contribution in [1.29, 1.82) is 0 Å². The van der Waals surface area contributed by atoms with Gasteiger partial charge in [0.15, 0.2) is 5.78 Å². The van der Waals surface area contributed by atoms with E-state index in [4.69, 9.17) is 5.73 Å². The molecule has 0 aliphatic heterocycles. The molecule has 1 radical (unpaired) electrons. The first kappa shape index (κ1) is 9.93. The van der Waals surface area contributed by atoms with Crippen molar-refractivity contribution in [3.63, 3.8) is 0 Å². The molecule has 0 aliphatic carbocycles.